The van der Waals surface area contributed by atoms with Crippen LogP contribution in [-0.2, 0) is 0 Å². The molecule has 1 heterocycles. The average Bonchev–Trinajstić information content (AvgIpc) is 2.27. The number of hydrogen-bond donors (Lipinski definition) is 1. The molecule has 0 aliphatic heterocycles. The van der Waals surface area contributed by atoms with Gasteiger partial charge < -0.3 is 5.32 Å². The Morgan fingerprint density at radius 3 is 2.71 bits per heavy atom. The third-order valence-electron chi connectivity index (χ3n) is 2.44. The highest BCUT2D eigenvalue weighted by molar-refractivity contribution is 6.29. The van der Waals surface area contributed by atoms with E-state index in [1.54, 1.807) is 6.07 Å². The quantitative estimate of drug-likeness (QED) is 0.643. The molecule has 1 unspecified atom stereocenters. The molecule has 0 radical (unpaired) electrons. The topological polar surface area (TPSA) is 37.8 Å². The van der Waals surface area contributed by atoms with Crippen LogP contribution in [-0.4, -0.2) is 16.0 Å². The van der Waals surface area contributed by atoms with Crippen molar-refractivity contribution in [1.82, 2.24) is 9.97 Å². The fraction of sp³-hybridized carbons (Fsp3) is 0.538. The van der Waals surface area contributed by atoms with Gasteiger partial charge in [0.1, 0.15) is 16.8 Å². The molecule has 0 saturated heterocycles. The number of nitrogens with one attached hydrogen (secondary N) is 1. The van der Waals surface area contributed by atoms with Gasteiger partial charge in [-0.05, 0) is 6.42 Å². The van der Waals surface area contributed by atoms with Gasteiger partial charge in [-0.15, -0.1) is 12.3 Å². The van der Waals surface area contributed by atoms with Crippen LogP contribution in [0, 0.1) is 12.3 Å². The Labute approximate surface area is 108 Å². The number of terminal acetylenes is 1. The molecule has 1 rings (SSSR count). The summed E-state index contributed by atoms with van der Waals surface area (Å²) in [7, 11) is 0. The van der Waals surface area contributed by atoms with E-state index >= 15 is 0 Å². The smallest absolute Gasteiger partial charge is 0.135 e. The second kappa shape index (κ2) is 6.46. The van der Waals surface area contributed by atoms with Gasteiger partial charge >= 0.3 is 0 Å². The first-order chi connectivity index (χ1) is 8.06. The van der Waals surface area contributed by atoms with E-state index in [-0.39, 0.29) is 12.0 Å². The fourth-order valence-corrected chi connectivity index (χ4v) is 1.61. The van der Waals surface area contributed by atoms with Gasteiger partial charge in [0.25, 0.3) is 0 Å². The molecule has 3 nitrogen and oxygen atoms in total. The first kappa shape index (κ1) is 13.8. The summed E-state index contributed by atoms with van der Waals surface area (Å²) in [6, 6.07) is 1.96. The minimum Gasteiger partial charge on any atom is -0.366 e. The van der Waals surface area contributed by atoms with Gasteiger partial charge in [-0.25, -0.2) is 9.97 Å². The zero-order valence-electron chi connectivity index (χ0n) is 10.5. The Morgan fingerprint density at radius 1 is 1.47 bits per heavy atom. The molecule has 1 N–H and O–H groups in total. The number of anilines is 1. The van der Waals surface area contributed by atoms with Crippen LogP contribution in [0.4, 0.5) is 5.82 Å². The molecule has 1 atom stereocenters. The molecule has 0 amide bonds. The third kappa shape index (κ3) is 4.24. The van der Waals surface area contributed by atoms with Crippen LogP contribution in [0.15, 0.2) is 6.07 Å². The maximum Gasteiger partial charge on any atom is 0.135 e. The minimum absolute atomic E-state index is 0.228. The Balaban J connectivity index is 2.87. The highest BCUT2D eigenvalue weighted by atomic mass is 35.5. The summed E-state index contributed by atoms with van der Waals surface area (Å²) in [6.45, 7) is 6.16. The maximum absolute atomic E-state index is 5.97. The predicted octanol–water partition coefficient (Wildman–Crippen LogP) is 3.47. The van der Waals surface area contributed by atoms with E-state index in [9.17, 15) is 0 Å². The molecule has 1 aromatic rings. The van der Waals surface area contributed by atoms with E-state index in [2.05, 4.69) is 28.1 Å². The summed E-state index contributed by atoms with van der Waals surface area (Å²) in [5.41, 5.74) is 0. The van der Waals surface area contributed by atoms with Crippen molar-refractivity contribution < 1.29 is 0 Å². The summed E-state index contributed by atoms with van der Waals surface area (Å²) < 4.78 is 0. The maximum atomic E-state index is 5.97. The van der Waals surface area contributed by atoms with E-state index in [0.717, 1.165) is 18.1 Å². The van der Waals surface area contributed by atoms with Gasteiger partial charge in [-0.3, -0.25) is 0 Å². The molecular weight excluding hydrogens is 234 g/mol. The SMILES string of the molecule is C#CCC(CC)Nc1cc(Cl)nc(C(C)C)n1. The lowest BCUT2D eigenvalue weighted by Gasteiger charge is -2.16. The molecule has 0 bridgehead atoms. The lowest BCUT2D eigenvalue weighted by atomic mass is 10.1. The number of nitrogens with zero attached hydrogens (tertiary/aromatic N) is 2. The number of rotatable bonds is 5. The van der Waals surface area contributed by atoms with Crippen molar-refractivity contribution in [2.75, 3.05) is 5.32 Å². The normalized spacial score (nSPS) is 12.2. The largest absolute Gasteiger partial charge is 0.366 e. The first-order valence-electron chi connectivity index (χ1n) is 5.81. The molecule has 0 fully saturated rings. The second-order valence-corrected chi connectivity index (χ2v) is 4.63. The summed E-state index contributed by atoms with van der Waals surface area (Å²) in [5.74, 6) is 4.40. The van der Waals surface area contributed by atoms with Crippen LogP contribution < -0.4 is 5.32 Å². The predicted molar refractivity (Wildman–Crippen MR) is 72.3 cm³/mol. The Morgan fingerprint density at radius 2 is 2.18 bits per heavy atom. The summed E-state index contributed by atoms with van der Waals surface area (Å²) in [4.78, 5) is 8.61. The van der Waals surface area contributed by atoms with Gasteiger partial charge in [0.15, 0.2) is 0 Å². The van der Waals surface area contributed by atoms with Crippen LogP contribution in [0.2, 0.25) is 5.15 Å². The highest BCUT2D eigenvalue weighted by Crippen LogP contribution is 2.18. The Hall–Kier alpha value is -1.27. The molecule has 0 aliphatic rings. The molecular formula is C13H18ClN3. The van der Waals surface area contributed by atoms with Crippen molar-refractivity contribution in [2.45, 2.75) is 45.6 Å². The molecule has 92 valence electrons. The lowest BCUT2D eigenvalue weighted by Crippen LogP contribution is -2.19. The zero-order valence-corrected chi connectivity index (χ0v) is 11.3. The van der Waals surface area contributed by atoms with Crippen molar-refractivity contribution in [2.24, 2.45) is 0 Å². The number of hydrogen-bond acceptors (Lipinski definition) is 3. The van der Waals surface area contributed by atoms with E-state index in [1.165, 1.54) is 0 Å². The minimum atomic E-state index is 0.228. The van der Waals surface area contributed by atoms with Crippen LogP contribution >= 0.6 is 11.6 Å². The monoisotopic (exact) mass is 251 g/mol. The van der Waals surface area contributed by atoms with Gasteiger partial charge in [-0.1, -0.05) is 32.4 Å². The Kier molecular flexibility index (Phi) is 5.24. The van der Waals surface area contributed by atoms with E-state index in [1.807, 2.05) is 13.8 Å². The third-order valence-corrected chi connectivity index (χ3v) is 2.63. The molecule has 0 aromatic carbocycles. The van der Waals surface area contributed by atoms with Gasteiger partial charge in [0.05, 0.1) is 0 Å². The molecule has 0 spiro atoms. The zero-order chi connectivity index (χ0) is 12.8. The van der Waals surface area contributed by atoms with E-state index < -0.39 is 0 Å². The van der Waals surface area contributed by atoms with Crippen LogP contribution in [0.5, 0.6) is 0 Å². The average molecular weight is 252 g/mol. The van der Waals surface area contributed by atoms with Crippen molar-refractivity contribution in [3.63, 3.8) is 0 Å². The van der Waals surface area contributed by atoms with Crippen LogP contribution in [0.3, 0.4) is 0 Å². The standard InChI is InChI=1S/C13H18ClN3/c1-5-7-10(6-2)15-12-8-11(14)16-13(17-12)9(3)4/h1,8-10H,6-7H2,2-4H3,(H,15,16,17). The molecule has 1 aromatic heterocycles. The summed E-state index contributed by atoms with van der Waals surface area (Å²) in [5, 5.41) is 3.75. The van der Waals surface area contributed by atoms with Crippen LogP contribution in [0.1, 0.15) is 45.4 Å². The molecule has 17 heavy (non-hydrogen) atoms. The molecule has 0 aliphatic carbocycles. The van der Waals surface area contributed by atoms with Crippen molar-refractivity contribution in [3.05, 3.63) is 17.0 Å². The summed E-state index contributed by atoms with van der Waals surface area (Å²) >= 11 is 5.97. The van der Waals surface area contributed by atoms with Gasteiger partial charge in [-0.2, -0.15) is 0 Å². The van der Waals surface area contributed by atoms with Gasteiger partial charge in [0.2, 0.25) is 0 Å². The summed E-state index contributed by atoms with van der Waals surface area (Å²) in [6.07, 6.45) is 6.94. The van der Waals surface area contributed by atoms with Crippen molar-refractivity contribution in [3.8, 4) is 12.3 Å². The second-order valence-electron chi connectivity index (χ2n) is 4.25. The number of halogens is 1. The Bertz CT molecular complexity index is 410. The lowest BCUT2D eigenvalue weighted by molar-refractivity contribution is 0.704. The highest BCUT2D eigenvalue weighted by Gasteiger charge is 2.10. The molecule has 0 saturated carbocycles. The molecule has 4 heteroatoms. The number of aromatic nitrogens is 2. The van der Waals surface area contributed by atoms with Crippen LogP contribution in [0.25, 0.3) is 0 Å². The van der Waals surface area contributed by atoms with E-state index in [4.69, 9.17) is 18.0 Å². The van der Waals surface area contributed by atoms with Gasteiger partial charge in [0, 0.05) is 24.4 Å². The van der Waals surface area contributed by atoms with E-state index in [0.29, 0.717) is 11.6 Å². The van der Waals surface area contributed by atoms with Crippen molar-refractivity contribution in [1.29, 1.82) is 0 Å². The fourth-order valence-electron chi connectivity index (χ4n) is 1.42. The van der Waals surface area contributed by atoms with Crippen molar-refractivity contribution >= 4 is 17.4 Å². The first-order valence-corrected chi connectivity index (χ1v) is 6.19.